The number of hydrogen-bond acceptors (Lipinski definition) is 6. The van der Waals surface area contributed by atoms with E-state index in [4.69, 9.17) is 0 Å². The Kier molecular flexibility index (Phi) is 4.55. The van der Waals surface area contributed by atoms with Gasteiger partial charge in [0, 0.05) is 17.4 Å². The van der Waals surface area contributed by atoms with Crippen molar-refractivity contribution >= 4 is 28.9 Å². The number of carbonyl (C=O) groups excluding carboxylic acids is 1. The Morgan fingerprint density at radius 1 is 1.27 bits per heavy atom. The third-order valence-corrected chi connectivity index (χ3v) is 4.00. The fourth-order valence-electron chi connectivity index (χ4n) is 2.64. The number of fused-ring (bicyclic) bond motifs is 1. The van der Waals surface area contributed by atoms with Crippen molar-refractivity contribution in [3.63, 3.8) is 0 Å². The number of hydroxylamine groups is 1. The van der Waals surface area contributed by atoms with Crippen LogP contribution in [0.5, 0.6) is 0 Å². The third kappa shape index (κ3) is 3.07. The zero-order valence-electron chi connectivity index (χ0n) is 14.4. The van der Waals surface area contributed by atoms with Crippen LogP contribution in [0.3, 0.4) is 0 Å². The number of aromatic carboxylic acids is 1. The van der Waals surface area contributed by atoms with Crippen LogP contribution in [0.1, 0.15) is 31.8 Å². The Morgan fingerprint density at radius 3 is 2.73 bits per heavy atom. The van der Waals surface area contributed by atoms with Gasteiger partial charge >= 0.3 is 5.97 Å². The van der Waals surface area contributed by atoms with Crippen molar-refractivity contribution in [2.24, 2.45) is 0 Å². The number of nitrogens with one attached hydrogen (secondary N) is 2. The number of amides is 1. The minimum absolute atomic E-state index is 0.151. The number of aryl methyl sites for hydroxylation is 2. The molecule has 0 spiro atoms. The van der Waals surface area contributed by atoms with Crippen LogP contribution >= 0.6 is 0 Å². The van der Waals surface area contributed by atoms with Gasteiger partial charge < -0.3 is 10.4 Å². The molecule has 2 heterocycles. The summed E-state index contributed by atoms with van der Waals surface area (Å²) in [7, 11) is 1.36. The zero-order valence-corrected chi connectivity index (χ0v) is 14.4. The average Bonchev–Trinajstić information content (AvgIpc) is 2.95. The molecule has 0 fully saturated rings. The van der Waals surface area contributed by atoms with Crippen molar-refractivity contribution in [1.29, 1.82) is 0 Å². The Hall–Kier alpha value is -3.46. The lowest BCUT2D eigenvalue weighted by molar-refractivity contribution is 0.0537. The molecule has 0 aliphatic heterocycles. The predicted molar refractivity (Wildman–Crippen MR) is 93.6 cm³/mol. The maximum Gasteiger partial charge on any atom is 0.337 e. The fraction of sp³-hybridized carbons (Fsp3) is 0.176. The number of anilines is 2. The Balaban J connectivity index is 2.05. The van der Waals surface area contributed by atoms with Gasteiger partial charge in [-0.05, 0) is 37.1 Å². The first-order chi connectivity index (χ1) is 12.4. The molecule has 9 nitrogen and oxygen atoms in total. The molecule has 3 rings (SSSR count). The normalized spacial score (nSPS) is 10.7. The SMILES string of the molecule is CONC(=O)c1ccc(C)c(Nc2ncnn3cc(C(=O)O)c(C)c23)c1. The molecular formula is C17H17N5O4. The van der Waals surface area contributed by atoms with Crippen LogP contribution in [0, 0.1) is 13.8 Å². The average molecular weight is 355 g/mol. The topological polar surface area (TPSA) is 118 Å². The van der Waals surface area contributed by atoms with Crippen LogP contribution in [0.2, 0.25) is 0 Å². The number of rotatable bonds is 5. The molecule has 9 heteroatoms. The van der Waals surface area contributed by atoms with Crippen molar-refractivity contribution in [3.8, 4) is 0 Å². The van der Waals surface area contributed by atoms with Gasteiger partial charge in [-0.1, -0.05) is 6.07 Å². The van der Waals surface area contributed by atoms with Crippen LogP contribution in [0.4, 0.5) is 11.5 Å². The largest absolute Gasteiger partial charge is 0.478 e. The van der Waals surface area contributed by atoms with Crippen molar-refractivity contribution in [1.82, 2.24) is 20.1 Å². The summed E-state index contributed by atoms with van der Waals surface area (Å²) in [5.41, 5.74) is 5.47. The minimum Gasteiger partial charge on any atom is -0.478 e. The van der Waals surface area contributed by atoms with E-state index in [1.165, 1.54) is 24.1 Å². The van der Waals surface area contributed by atoms with Crippen LogP contribution in [0.25, 0.3) is 5.52 Å². The molecule has 1 amide bonds. The van der Waals surface area contributed by atoms with Crippen molar-refractivity contribution < 1.29 is 19.5 Å². The smallest absolute Gasteiger partial charge is 0.337 e. The maximum absolute atomic E-state index is 11.9. The van der Waals surface area contributed by atoms with Gasteiger partial charge in [0.2, 0.25) is 0 Å². The monoisotopic (exact) mass is 355 g/mol. The number of hydrogen-bond donors (Lipinski definition) is 3. The second-order valence-corrected chi connectivity index (χ2v) is 5.66. The molecule has 1 aromatic carbocycles. The van der Waals surface area contributed by atoms with Gasteiger partial charge in [0.15, 0.2) is 5.82 Å². The zero-order chi connectivity index (χ0) is 18.8. The van der Waals surface area contributed by atoms with E-state index >= 15 is 0 Å². The number of carbonyl (C=O) groups is 2. The van der Waals surface area contributed by atoms with E-state index in [2.05, 4.69) is 25.7 Å². The van der Waals surface area contributed by atoms with E-state index in [9.17, 15) is 14.7 Å². The molecule has 134 valence electrons. The van der Waals surface area contributed by atoms with E-state index in [1.54, 1.807) is 25.1 Å². The van der Waals surface area contributed by atoms with Crippen LogP contribution < -0.4 is 10.8 Å². The highest BCUT2D eigenvalue weighted by Gasteiger charge is 2.18. The van der Waals surface area contributed by atoms with Crippen LogP contribution in [0.15, 0.2) is 30.7 Å². The highest BCUT2D eigenvalue weighted by atomic mass is 16.6. The molecule has 3 N–H and O–H groups in total. The molecule has 0 unspecified atom stereocenters. The first-order valence-corrected chi connectivity index (χ1v) is 7.69. The summed E-state index contributed by atoms with van der Waals surface area (Å²) in [5, 5.41) is 16.5. The molecule has 26 heavy (non-hydrogen) atoms. The molecule has 2 aromatic heterocycles. The molecule has 0 aliphatic rings. The van der Waals surface area contributed by atoms with Crippen molar-refractivity contribution in [2.45, 2.75) is 13.8 Å². The Bertz CT molecular complexity index is 1010. The molecule has 0 saturated carbocycles. The lowest BCUT2D eigenvalue weighted by Crippen LogP contribution is -2.21. The summed E-state index contributed by atoms with van der Waals surface area (Å²) in [5.74, 6) is -0.971. The first kappa shape index (κ1) is 17.4. The third-order valence-electron chi connectivity index (χ3n) is 4.00. The molecule has 0 atom stereocenters. The highest BCUT2D eigenvalue weighted by Crippen LogP contribution is 2.27. The maximum atomic E-state index is 11.9. The quantitative estimate of drug-likeness (QED) is 0.600. The summed E-state index contributed by atoms with van der Waals surface area (Å²) in [6, 6.07) is 5.13. The van der Waals surface area contributed by atoms with Crippen LogP contribution in [-0.4, -0.2) is 38.7 Å². The van der Waals surface area contributed by atoms with Crippen LogP contribution in [-0.2, 0) is 4.84 Å². The van der Waals surface area contributed by atoms with E-state index in [-0.39, 0.29) is 11.5 Å². The number of carboxylic acid groups (broad SMARTS) is 1. The summed E-state index contributed by atoms with van der Waals surface area (Å²) in [4.78, 5) is 32.2. The Labute approximate surface area is 148 Å². The fourth-order valence-corrected chi connectivity index (χ4v) is 2.64. The second kappa shape index (κ2) is 6.81. The minimum atomic E-state index is -1.03. The predicted octanol–water partition coefficient (Wildman–Crippen LogP) is 2.08. The standard InChI is InChI=1S/C17H17N5O4/c1-9-4-5-11(16(23)21-26-3)6-13(9)20-15-14-10(2)12(17(24)25)7-22(14)19-8-18-15/h4-8H,1-3H3,(H,21,23)(H,24,25)(H,18,19,20). The lowest BCUT2D eigenvalue weighted by atomic mass is 10.1. The second-order valence-electron chi connectivity index (χ2n) is 5.66. The van der Waals surface area contributed by atoms with Gasteiger partial charge in [-0.3, -0.25) is 9.63 Å². The molecule has 3 aromatic rings. The molecule has 0 aliphatic carbocycles. The highest BCUT2D eigenvalue weighted by molar-refractivity contribution is 5.96. The molecular weight excluding hydrogens is 338 g/mol. The summed E-state index contributed by atoms with van der Waals surface area (Å²) < 4.78 is 1.46. The van der Waals surface area contributed by atoms with Gasteiger partial charge in [0.25, 0.3) is 5.91 Å². The van der Waals surface area contributed by atoms with Gasteiger partial charge in [0.05, 0.1) is 12.7 Å². The number of carboxylic acids is 1. The molecule has 0 bridgehead atoms. The van der Waals surface area contributed by atoms with Gasteiger partial charge in [-0.25, -0.2) is 19.8 Å². The van der Waals surface area contributed by atoms with Gasteiger partial charge in [-0.2, -0.15) is 5.10 Å². The number of nitrogens with zero attached hydrogens (tertiary/aromatic N) is 3. The summed E-state index contributed by atoms with van der Waals surface area (Å²) >= 11 is 0. The van der Waals surface area contributed by atoms with E-state index in [0.717, 1.165) is 5.56 Å². The van der Waals surface area contributed by atoms with E-state index in [1.807, 2.05) is 6.92 Å². The summed E-state index contributed by atoms with van der Waals surface area (Å²) in [6.07, 6.45) is 2.77. The first-order valence-electron chi connectivity index (χ1n) is 7.69. The Morgan fingerprint density at radius 2 is 2.04 bits per heavy atom. The molecule has 0 radical (unpaired) electrons. The van der Waals surface area contributed by atoms with Gasteiger partial charge in [-0.15, -0.1) is 0 Å². The van der Waals surface area contributed by atoms with E-state index < -0.39 is 5.97 Å². The lowest BCUT2D eigenvalue weighted by Gasteiger charge is -2.12. The van der Waals surface area contributed by atoms with Gasteiger partial charge in [0.1, 0.15) is 11.8 Å². The van der Waals surface area contributed by atoms with E-state index in [0.29, 0.717) is 28.1 Å². The molecule has 0 saturated heterocycles. The number of benzene rings is 1. The van der Waals surface area contributed by atoms with Crippen molar-refractivity contribution in [2.75, 3.05) is 12.4 Å². The number of aromatic nitrogens is 3. The summed E-state index contributed by atoms with van der Waals surface area (Å²) in [6.45, 7) is 3.58. The van der Waals surface area contributed by atoms with Crippen molar-refractivity contribution in [3.05, 3.63) is 53.0 Å².